The number of anilines is 1. The number of nitrogens with one attached hydrogen (secondary N) is 1. The van der Waals surface area contributed by atoms with E-state index in [-0.39, 0.29) is 24.5 Å². The van der Waals surface area contributed by atoms with E-state index in [1.165, 1.54) is 0 Å². The summed E-state index contributed by atoms with van der Waals surface area (Å²) >= 11 is 0. The number of amides is 1. The van der Waals surface area contributed by atoms with Crippen molar-refractivity contribution < 1.29 is 9.90 Å². The van der Waals surface area contributed by atoms with Crippen molar-refractivity contribution in [3.63, 3.8) is 0 Å². The van der Waals surface area contributed by atoms with Gasteiger partial charge in [0.15, 0.2) is 5.69 Å². The fourth-order valence-corrected chi connectivity index (χ4v) is 2.45. The topological polar surface area (TPSA) is 78.4 Å². The molecule has 1 saturated heterocycles. The molecular formula is C14H22N4O2. The molecule has 20 heavy (non-hydrogen) atoms. The summed E-state index contributed by atoms with van der Waals surface area (Å²) in [5, 5.41) is 12.3. The maximum absolute atomic E-state index is 12.7. The van der Waals surface area contributed by atoms with Gasteiger partial charge >= 0.3 is 0 Å². The number of aromatic nitrogens is 2. The van der Waals surface area contributed by atoms with Crippen LogP contribution in [-0.4, -0.2) is 52.1 Å². The fourth-order valence-electron chi connectivity index (χ4n) is 2.45. The van der Waals surface area contributed by atoms with Crippen LogP contribution < -0.4 is 5.32 Å². The first-order valence-corrected chi connectivity index (χ1v) is 7.05. The molecule has 0 aliphatic carbocycles. The number of likely N-dealkylation sites (tertiary alicyclic amines) is 1. The van der Waals surface area contributed by atoms with Crippen molar-refractivity contribution in [3.8, 4) is 0 Å². The third kappa shape index (κ3) is 2.75. The van der Waals surface area contributed by atoms with E-state index in [4.69, 9.17) is 0 Å². The van der Waals surface area contributed by atoms with E-state index >= 15 is 0 Å². The first-order valence-electron chi connectivity index (χ1n) is 7.05. The molecule has 2 N–H and O–H groups in total. The summed E-state index contributed by atoms with van der Waals surface area (Å²) in [6.07, 6.45) is 3.42. The number of rotatable bonds is 4. The van der Waals surface area contributed by atoms with Gasteiger partial charge in [-0.2, -0.15) is 0 Å². The summed E-state index contributed by atoms with van der Waals surface area (Å²) in [7, 11) is 1.75. The second kappa shape index (κ2) is 6.17. The van der Waals surface area contributed by atoms with Gasteiger partial charge in [-0.05, 0) is 12.8 Å². The Labute approximate surface area is 119 Å². The van der Waals surface area contributed by atoms with E-state index in [9.17, 15) is 9.90 Å². The number of carbonyl (C=O) groups is 1. The van der Waals surface area contributed by atoms with Gasteiger partial charge in [0.2, 0.25) is 0 Å². The minimum atomic E-state index is -0.129. The van der Waals surface area contributed by atoms with Gasteiger partial charge in [-0.1, -0.05) is 13.8 Å². The lowest BCUT2D eigenvalue weighted by Crippen LogP contribution is -2.38. The standard InChI is InChI=1S/C14H22N4O2/c1-9(2)13-16-7-11(15-3)12(17-13)14(20)18-6-4-5-10(18)8-19/h7,9-10,15,19H,4-6,8H2,1-3H3. The molecule has 1 unspecified atom stereocenters. The Balaban J connectivity index is 2.34. The Morgan fingerprint density at radius 1 is 1.60 bits per heavy atom. The zero-order valence-electron chi connectivity index (χ0n) is 12.3. The van der Waals surface area contributed by atoms with Gasteiger partial charge in [-0.15, -0.1) is 0 Å². The second-order valence-electron chi connectivity index (χ2n) is 5.37. The van der Waals surface area contributed by atoms with Gasteiger partial charge in [-0.25, -0.2) is 9.97 Å². The van der Waals surface area contributed by atoms with Gasteiger partial charge in [0, 0.05) is 19.5 Å². The molecule has 6 nitrogen and oxygen atoms in total. The summed E-state index contributed by atoms with van der Waals surface area (Å²) in [5.41, 5.74) is 1.02. The first-order chi connectivity index (χ1) is 9.58. The van der Waals surface area contributed by atoms with Crippen LogP contribution in [0.5, 0.6) is 0 Å². The number of nitrogens with zero attached hydrogens (tertiary/aromatic N) is 3. The minimum absolute atomic E-state index is 0.00273. The first kappa shape index (κ1) is 14.7. The van der Waals surface area contributed by atoms with Crippen LogP contribution in [0.1, 0.15) is 48.9 Å². The number of hydrogen-bond acceptors (Lipinski definition) is 5. The molecule has 1 amide bonds. The molecule has 1 fully saturated rings. The van der Waals surface area contributed by atoms with Gasteiger partial charge in [-0.3, -0.25) is 4.79 Å². The van der Waals surface area contributed by atoms with Crippen molar-refractivity contribution in [3.05, 3.63) is 17.7 Å². The molecule has 1 aliphatic rings. The third-order valence-corrected chi connectivity index (χ3v) is 3.64. The van der Waals surface area contributed by atoms with E-state index in [1.54, 1.807) is 18.1 Å². The van der Waals surface area contributed by atoms with Crippen LogP contribution in [0.2, 0.25) is 0 Å². The quantitative estimate of drug-likeness (QED) is 0.866. The Morgan fingerprint density at radius 2 is 2.35 bits per heavy atom. The Morgan fingerprint density at radius 3 is 2.95 bits per heavy atom. The lowest BCUT2D eigenvalue weighted by atomic mass is 10.2. The van der Waals surface area contributed by atoms with E-state index in [2.05, 4.69) is 15.3 Å². The fraction of sp³-hybridized carbons (Fsp3) is 0.643. The average molecular weight is 278 g/mol. The molecule has 1 atom stereocenters. The molecule has 1 aliphatic heterocycles. The lowest BCUT2D eigenvalue weighted by Gasteiger charge is -2.23. The molecule has 0 bridgehead atoms. The highest BCUT2D eigenvalue weighted by Gasteiger charge is 2.31. The molecule has 2 heterocycles. The van der Waals surface area contributed by atoms with Crippen LogP contribution in [0.25, 0.3) is 0 Å². The normalized spacial score (nSPS) is 18.6. The highest BCUT2D eigenvalue weighted by Crippen LogP contribution is 2.23. The highest BCUT2D eigenvalue weighted by atomic mass is 16.3. The number of carbonyl (C=O) groups excluding carboxylic acids is 1. The largest absolute Gasteiger partial charge is 0.394 e. The molecule has 6 heteroatoms. The molecule has 1 aromatic heterocycles. The van der Waals surface area contributed by atoms with Crippen molar-refractivity contribution in [2.24, 2.45) is 0 Å². The van der Waals surface area contributed by atoms with Crippen LogP contribution in [0, 0.1) is 0 Å². The smallest absolute Gasteiger partial charge is 0.275 e. The van der Waals surface area contributed by atoms with Gasteiger partial charge in [0.05, 0.1) is 24.5 Å². The summed E-state index contributed by atoms with van der Waals surface area (Å²) in [6.45, 7) is 4.67. The SMILES string of the molecule is CNc1cnc(C(C)C)nc1C(=O)N1CCCC1CO. The average Bonchev–Trinajstić information content (AvgIpc) is 2.94. The molecule has 0 radical (unpaired) electrons. The van der Waals surface area contributed by atoms with Crippen LogP contribution in [0.4, 0.5) is 5.69 Å². The van der Waals surface area contributed by atoms with Crippen molar-refractivity contribution in [2.45, 2.75) is 38.6 Å². The summed E-state index contributed by atoms with van der Waals surface area (Å²) in [4.78, 5) is 23.0. The molecule has 110 valence electrons. The Bertz CT molecular complexity index is 490. The summed E-state index contributed by atoms with van der Waals surface area (Å²) in [5.74, 6) is 0.696. The molecule has 2 rings (SSSR count). The molecule has 0 aromatic carbocycles. The molecule has 0 saturated carbocycles. The summed E-state index contributed by atoms with van der Waals surface area (Å²) < 4.78 is 0. The van der Waals surface area contributed by atoms with Crippen LogP contribution in [0.3, 0.4) is 0 Å². The van der Waals surface area contributed by atoms with Gasteiger partial charge in [0.25, 0.3) is 5.91 Å². The maximum atomic E-state index is 12.7. The summed E-state index contributed by atoms with van der Waals surface area (Å²) in [6, 6.07) is -0.0929. The van der Waals surface area contributed by atoms with Crippen molar-refractivity contribution in [1.29, 1.82) is 0 Å². The monoisotopic (exact) mass is 278 g/mol. The van der Waals surface area contributed by atoms with Crippen LogP contribution in [0.15, 0.2) is 6.20 Å². The number of aliphatic hydroxyl groups excluding tert-OH is 1. The predicted molar refractivity (Wildman–Crippen MR) is 76.8 cm³/mol. The van der Waals surface area contributed by atoms with Gasteiger partial charge < -0.3 is 15.3 Å². The maximum Gasteiger partial charge on any atom is 0.275 e. The highest BCUT2D eigenvalue weighted by molar-refractivity contribution is 5.97. The number of aliphatic hydroxyl groups is 1. The van der Waals surface area contributed by atoms with Crippen LogP contribution in [-0.2, 0) is 0 Å². The van der Waals surface area contributed by atoms with E-state index in [0.29, 0.717) is 23.8 Å². The van der Waals surface area contributed by atoms with Crippen LogP contribution >= 0.6 is 0 Å². The Hall–Kier alpha value is -1.69. The lowest BCUT2D eigenvalue weighted by molar-refractivity contribution is 0.0672. The molecule has 1 aromatic rings. The van der Waals surface area contributed by atoms with Crippen molar-refractivity contribution in [2.75, 3.05) is 25.5 Å². The van der Waals surface area contributed by atoms with Crippen molar-refractivity contribution >= 4 is 11.6 Å². The van der Waals surface area contributed by atoms with E-state index < -0.39 is 0 Å². The zero-order chi connectivity index (χ0) is 14.7. The van der Waals surface area contributed by atoms with Crippen molar-refractivity contribution in [1.82, 2.24) is 14.9 Å². The predicted octanol–water partition coefficient (Wildman–Crippen LogP) is 1.24. The minimum Gasteiger partial charge on any atom is -0.394 e. The van der Waals surface area contributed by atoms with E-state index in [1.807, 2.05) is 13.8 Å². The zero-order valence-corrected chi connectivity index (χ0v) is 12.3. The van der Waals surface area contributed by atoms with Gasteiger partial charge in [0.1, 0.15) is 5.82 Å². The third-order valence-electron chi connectivity index (χ3n) is 3.64. The Kier molecular flexibility index (Phi) is 4.54. The van der Waals surface area contributed by atoms with E-state index in [0.717, 1.165) is 12.8 Å². The second-order valence-corrected chi connectivity index (χ2v) is 5.37. The molecule has 0 spiro atoms. The molecular weight excluding hydrogens is 256 g/mol. The number of hydrogen-bond donors (Lipinski definition) is 2.